The van der Waals surface area contributed by atoms with Gasteiger partial charge < -0.3 is 9.73 Å². The molecule has 3 aromatic rings. The second kappa shape index (κ2) is 9.07. The van der Waals surface area contributed by atoms with Crippen LogP contribution in [0.25, 0.3) is 11.5 Å². The Labute approximate surface area is 165 Å². The highest BCUT2D eigenvalue weighted by molar-refractivity contribution is 7.99. The Balaban J connectivity index is 1.45. The molecule has 0 bridgehead atoms. The van der Waals surface area contributed by atoms with Crippen LogP contribution in [0.3, 0.4) is 0 Å². The quantitative estimate of drug-likeness (QED) is 0.584. The molecule has 0 aliphatic heterocycles. The predicted octanol–water partition coefficient (Wildman–Crippen LogP) is 4.49. The fourth-order valence-corrected chi connectivity index (χ4v) is 3.12. The summed E-state index contributed by atoms with van der Waals surface area (Å²) in [6.45, 7) is 0.551. The topological polar surface area (TPSA) is 68.0 Å². The summed E-state index contributed by atoms with van der Waals surface area (Å²) < 4.78 is 5.55. The van der Waals surface area contributed by atoms with E-state index in [0.717, 1.165) is 12.0 Å². The number of halogens is 2. The van der Waals surface area contributed by atoms with Crippen LogP contribution in [0.15, 0.2) is 58.2 Å². The van der Waals surface area contributed by atoms with Crippen molar-refractivity contribution in [1.29, 1.82) is 0 Å². The van der Waals surface area contributed by atoms with Gasteiger partial charge in [0.15, 0.2) is 0 Å². The highest BCUT2D eigenvalue weighted by Gasteiger charge is 2.13. The highest BCUT2D eigenvalue weighted by Crippen LogP contribution is 2.28. The SMILES string of the molecule is O=C(CSc1nnc(-c2ccccc2Cl)o1)NCCc1ccc(Cl)cc1. The summed E-state index contributed by atoms with van der Waals surface area (Å²) in [7, 11) is 0. The summed E-state index contributed by atoms with van der Waals surface area (Å²) in [4.78, 5) is 11.9. The maximum Gasteiger partial charge on any atom is 0.277 e. The van der Waals surface area contributed by atoms with Gasteiger partial charge in [0.1, 0.15) is 0 Å². The standard InChI is InChI=1S/C18H15Cl2N3O2S/c19-13-7-5-12(6-8-13)9-10-21-16(24)11-26-18-23-22-17(25-18)14-3-1-2-4-15(14)20/h1-8H,9-11H2,(H,21,24). The summed E-state index contributed by atoms with van der Waals surface area (Å²) in [5.74, 6) is 0.438. The molecule has 1 amide bonds. The molecule has 1 N–H and O–H groups in total. The number of hydrogen-bond donors (Lipinski definition) is 1. The van der Waals surface area contributed by atoms with Crippen molar-refractivity contribution in [3.05, 3.63) is 64.1 Å². The van der Waals surface area contributed by atoms with Crippen molar-refractivity contribution in [2.24, 2.45) is 0 Å². The van der Waals surface area contributed by atoms with Gasteiger partial charge in [0.25, 0.3) is 5.22 Å². The molecule has 1 heterocycles. The van der Waals surface area contributed by atoms with Gasteiger partial charge in [-0.25, -0.2) is 0 Å². The molecular weight excluding hydrogens is 393 g/mol. The molecule has 0 atom stereocenters. The van der Waals surface area contributed by atoms with Crippen LogP contribution in [-0.4, -0.2) is 28.4 Å². The largest absolute Gasteiger partial charge is 0.411 e. The van der Waals surface area contributed by atoms with E-state index in [-0.39, 0.29) is 11.7 Å². The summed E-state index contributed by atoms with van der Waals surface area (Å²) >= 11 is 13.1. The van der Waals surface area contributed by atoms with E-state index in [0.29, 0.717) is 33.3 Å². The third-order valence-electron chi connectivity index (χ3n) is 3.49. The first-order valence-electron chi connectivity index (χ1n) is 7.84. The van der Waals surface area contributed by atoms with Crippen molar-refractivity contribution in [3.63, 3.8) is 0 Å². The summed E-state index contributed by atoms with van der Waals surface area (Å²) in [6.07, 6.45) is 0.741. The minimum absolute atomic E-state index is 0.0959. The molecule has 3 rings (SSSR count). The van der Waals surface area contributed by atoms with Crippen LogP contribution in [0, 0.1) is 0 Å². The van der Waals surface area contributed by atoms with Crippen LogP contribution in [0.2, 0.25) is 10.0 Å². The molecule has 0 aliphatic rings. The zero-order valence-electron chi connectivity index (χ0n) is 13.6. The molecule has 26 heavy (non-hydrogen) atoms. The van der Waals surface area contributed by atoms with Gasteiger partial charge in [-0.15, -0.1) is 10.2 Å². The Hall–Kier alpha value is -2.02. The van der Waals surface area contributed by atoms with Crippen LogP contribution in [0.1, 0.15) is 5.56 Å². The van der Waals surface area contributed by atoms with Gasteiger partial charge in [0.2, 0.25) is 11.8 Å². The summed E-state index contributed by atoms with van der Waals surface area (Å²) in [5.41, 5.74) is 1.78. The van der Waals surface area contributed by atoms with Crippen molar-refractivity contribution < 1.29 is 9.21 Å². The van der Waals surface area contributed by atoms with Crippen LogP contribution < -0.4 is 5.32 Å². The molecule has 0 radical (unpaired) electrons. The van der Waals surface area contributed by atoms with E-state index in [1.165, 1.54) is 11.8 Å². The third-order valence-corrected chi connectivity index (χ3v) is 4.89. The molecule has 2 aromatic carbocycles. The average molecular weight is 408 g/mol. The Bertz CT molecular complexity index is 884. The highest BCUT2D eigenvalue weighted by atomic mass is 35.5. The lowest BCUT2D eigenvalue weighted by Crippen LogP contribution is -2.27. The Morgan fingerprint density at radius 3 is 2.62 bits per heavy atom. The Morgan fingerprint density at radius 1 is 1.08 bits per heavy atom. The van der Waals surface area contributed by atoms with E-state index in [1.54, 1.807) is 12.1 Å². The normalized spacial score (nSPS) is 10.7. The molecule has 5 nitrogen and oxygen atoms in total. The molecule has 0 aliphatic carbocycles. The number of thioether (sulfide) groups is 1. The molecule has 8 heteroatoms. The Kier molecular flexibility index (Phi) is 6.55. The molecule has 0 saturated heterocycles. The van der Waals surface area contributed by atoms with Crippen molar-refractivity contribution in [1.82, 2.24) is 15.5 Å². The molecule has 0 spiro atoms. The van der Waals surface area contributed by atoms with Crippen LogP contribution in [-0.2, 0) is 11.2 Å². The van der Waals surface area contributed by atoms with Gasteiger partial charge in [0.05, 0.1) is 16.3 Å². The molecule has 0 unspecified atom stereocenters. The average Bonchev–Trinajstić information content (AvgIpc) is 3.11. The molecular formula is C18H15Cl2N3O2S. The number of nitrogens with one attached hydrogen (secondary N) is 1. The minimum Gasteiger partial charge on any atom is -0.411 e. The number of rotatable bonds is 7. The van der Waals surface area contributed by atoms with Gasteiger partial charge in [-0.2, -0.15) is 0 Å². The minimum atomic E-state index is -0.0959. The number of aromatic nitrogens is 2. The smallest absolute Gasteiger partial charge is 0.277 e. The van der Waals surface area contributed by atoms with Crippen molar-refractivity contribution in [2.45, 2.75) is 11.6 Å². The zero-order valence-corrected chi connectivity index (χ0v) is 15.9. The first-order valence-corrected chi connectivity index (χ1v) is 9.58. The molecule has 0 saturated carbocycles. The third kappa shape index (κ3) is 5.24. The van der Waals surface area contributed by atoms with Gasteiger partial charge in [-0.3, -0.25) is 4.79 Å². The first-order chi connectivity index (χ1) is 12.6. The van der Waals surface area contributed by atoms with Gasteiger partial charge in [-0.1, -0.05) is 59.2 Å². The number of carbonyl (C=O) groups excluding carboxylic acids is 1. The monoisotopic (exact) mass is 407 g/mol. The van der Waals surface area contributed by atoms with Crippen molar-refractivity contribution >= 4 is 40.9 Å². The number of benzene rings is 2. The van der Waals surface area contributed by atoms with Crippen LogP contribution in [0.5, 0.6) is 0 Å². The van der Waals surface area contributed by atoms with Crippen molar-refractivity contribution in [3.8, 4) is 11.5 Å². The number of carbonyl (C=O) groups is 1. The van der Waals surface area contributed by atoms with E-state index < -0.39 is 0 Å². The van der Waals surface area contributed by atoms with Gasteiger partial charge in [-0.05, 0) is 36.2 Å². The predicted molar refractivity (Wildman–Crippen MR) is 104 cm³/mol. The first kappa shape index (κ1) is 18.8. The number of amides is 1. The molecule has 134 valence electrons. The number of hydrogen-bond acceptors (Lipinski definition) is 5. The lowest BCUT2D eigenvalue weighted by molar-refractivity contribution is -0.118. The Morgan fingerprint density at radius 2 is 1.85 bits per heavy atom. The van der Waals surface area contributed by atoms with E-state index in [4.69, 9.17) is 27.6 Å². The molecule has 1 aromatic heterocycles. The second-order valence-corrected chi connectivity index (χ2v) is 7.14. The van der Waals surface area contributed by atoms with Crippen LogP contribution in [0.4, 0.5) is 0 Å². The number of nitrogens with zero attached hydrogens (tertiary/aromatic N) is 2. The van der Waals surface area contributed by atoms with E-state index in [9.17, 15) is 4.79 Å². The zero-order chi connectivity index (χ0) is 18.4. The van der Waals surface area contributed by atoms with Crippen LogP contribution >= 0.6 is 35.0 Å². The maximum atomic E-state index is 11.9. The second-order valence-electron chi connectivity index (χ2n) is 5.37. The summed E-state index contributed by atoms with van der Waals surface area (Å²) in [6, 6.07) is 14.8. The van der Waals surface area contributed by atoms with E-state index in [1.807, 2.05) is 36.4 Å². The fraction of sp³-hybridized carbons (Fsp3) is 0.167. The lowest BCUT2D eigenvalue weighted by atomic mass is 10.1. The van der Waals surface area contributed by atoms with Gasteiger partial charge in [0, 0.05) is 11.6 Å². The van der Waals surface area contributed by atoms with E-state index >= 15 is 0 Å². The summed E-state index contributed by atoms with van der Waals surface area (Å²) in [5, 5.41) is 12.3. The lowest BCUT2D eigenvalue weighted by Gasteiger charge is -2.04. The van der Waals surface area contributed by atoms with Gasteiger partial charge >= 0.3 is 0 Å². The van der Waals surface area contributed by atoms with Crippen molar-refractivity contribution in [2.75, 3.05) is 12.3 Å². The van der Waals surface area contributed by atoms with E-state index in [2.05, 4.69) is 15.5 Å². The maximum absolute atomic E-state index is 11.9. The molecule has 0 fully saturated rings. The fourth-order valence-electron chi connectivity index (χ4n) is 2.19.